The number of rotatable bonds is 18. The van der Waals surface area contributed by atoms with Crippen LogP contribution in [0, 0.1) is 0 Å². The number of aliphatic hydroxyl groups is 4. The Labute approximate surface area is 415 Å². The average Bonchev–Trinajstić information content (AvgIpc) is 4.26. The molecule has 8 aromatic heterocycles. The molecule has 0 unspecified atom stereocenters. The van der Waals surface area contributed by atoms with Gasteiger partial charge in [0.25, 0.3) is 0 Å². The number of fused-ring (bicyclic) bond motifs is 2. The number of aliphatic hydroxyl groups excluding tert-OH is 4. The molecule has 3 aliphatic rings. The molecule has 24 heteroatoms. The third kappa shape index (κ3) is 9.34. The Morgan fingerprint density at radius 2 is 0.944 bits per heavy atom. The highest BCUT2D eigenvalue weighted by molar-refractivity contribution is 5.85. The van der Waals surface area contributed by atoms with E-state index in [4.69, 9.17) is 29.9 Å². The number of aromatic nitrogens is 16. The Morgan fingerprint density at radius 3 is 1.32 bits per heavy atom. The van der Waals surface area contributed by atoms with E-state index < -0.39 is 48.6 Å². The van der Waals surface area contributed by atoms with E-state index in [-0.39, 0.29) is 12.1 Å². The molecule has 3 fully saturated rings. The van der Waals surface area contributed by atoms with Crippen molar-refractivity contribution in [2.24, 2.45) is 14.1 Å². The second kappa shape index (κ2) is 19.9. The molecular weight excluding hydrogens is 921 g/mol. The SMILES string of the molecule is CCc1cnn([C@H]2C[C@@H](n3cnc4c(N[C@H]5CC[C@H](Nc6nc(NCCc7cn(C)cn7)nc7c6ncn7[C@@H]6C[C@H](n7cc(CC)cn7)[C@@H](O)[C@H]6O)CC5)nc(NCCc5cn(C)cn5)nc43)[C@H](O)[C@@H]2O)c1. The van der Waals surface area contributed by atoms with Crippen LogP contribution in [0.25, 0.3) is 22.3 Å². The Morgan fingerprint density at radius 1 is 0.528 bits per heavy atom. The molecule has 72 heavy (non-hydrogen) atoms. The number of hydrogen-bond donors (Lipinski definition) is 8. The number of anilines is 4. The number of aryl methyl sites for hydroxylation is 4. The Balaban J connectivity index is 0.821. The largest absolute Gasteiger partial charge is 0.388 e. The van der Waals surface area contributed by atoms with Crippen molar-refractivity contribution >= 4 is 45.9 Å². The maximum atomic E-state index is 11.5. The Kier molecular flexibility index (Phi) is 13.1. The summed E-state index contributed by atoms with van der Waals surface area (Å²) in [4.78, 5) is 38.4. The second-order valence-corrected chi connectivity index (χ2v) is 19.8. The molecule has 3 saturated carbocycles. The van der Waals surface area contributed by atoms with Crippen molar-refractivity contribution in [2.75, 3.05) is 34.4 Å². The number of nitrogens with one attached hydrogen (secondary N) is 4. The number of hydrogen-bond acceptors (Lipinski definition) is 18. The van der Waals surface area contributed by atoms with Gasteiger partial charge in [0, 0.05) is 76.9 Å². The highest BCUT2D eigenvalue weighted by Gasteiger charge is 2.46. The standard InChI is InChI=1S/C48H64N20O4/c1-5-27-17-55-67(19-27)35-15-33(39(69)41(35)71)65-25-53-37-43(59-47(61-45(37)65)49-13-11-31-21-63(3)23-51-31)57-29-7-9-30(10-8-29)58-44-38-46(62-48(60-44)50-14-12-32-22-64(4)24-52-32)66(26-54-38)34-16-36(42(72)40(34)70)68-20-28(6-2)18-56-68/h17-26,29-30,33-36,39-42,69-72H,5-16H2,1-4H3,(H2,49,57,59,61)(H2,50,58,60,62)/t29-,30-,33-,34-,35+,36+,39+,40+,41-,42-/m1/s1. The number of imidazole rings is 4. The van der Waals surface area contributed by atoms with Crippen molar-refractivity contribution in [1.82, 2.24) is 77.7 Å². The van der Waals surface area contributed by atoms with Gasteiger partial charge < -0.3 is 60.0 Å². The summed E-state index contributed by atoms with van der Waals surface area (Å²) in [6.07, 6.45) is 21.3. The average molecular weight is 985 g/mol. The zero-order valence-electron chi connectivity index (χ0n) is 41.0. The lowest BCUT2D eigenvalue weighted by atomic mass is 9.91. The maximum absolute atomic E-state index is 11.5. The molecule has 380 valence electrons. The van der Waals surface area contributed by atoms with Crippen LogP contribution in [0.15, 0.2) is 62.5 Å². The van der Waals surface area contributed by atoms with Crippen LogP contribution in [0.1, 0.15) is 99.1 Å². The first-order valence-corrected chi connectivity index (χ1v) is 25.2. The molecular formula is C48H64N20O4. The summed E-state index contributed by atoms with van der Waals surface area (Å²) in [6.45, 7) is 5.21. The molecule has 0 aromatic carbocycles. The summed E-state index contributed by atoms with van der Waals surface area (Å²) >= 11 is 0. The van der Waals surface area contributed by atoms with E-state index in [9.17, 15) is 20.4 Å². The molecule has 0 amide bonds. The van der Waals surface area contributed by atoms with Crippen molar-refractivity contribution < 1.29 is 20.4 Å². The van der Waals surface area contributed by atoms with E-state index in [2.05, 4.69) is 55.3 Å². The zero-order valence-corrected chi connectivity index (χ0v) is 41.0. The van der Waals surface area contributed by atoms with Crippen LogP contribution in [0.2, 0.25) is 0 Å². The zero-order chi connectivity index (χ0) is 49.6. The van der Waals surface area contributed by atoms with Crippen molar-refractivity contribution in [1.29, 1.82) is 0 Å². The van der Waals surface area contributed by atoms with Crippen LogP contribution in [-0.4, -0.2) is 148 Å². The predicted octanol–water partition coefficient (Wildman–Crippen LogP) is 2.91. The van der Waals surface area contributed by atoms with Crippen LogP contribution < -0.4 is 21.3 Å². The van der Waals surface area contributed by atoms with Gasteiger partial charge in [-0.2, -0.15) is 30.1 Å². The lowest BCUT2D eigenvalue weighted by Crippen LogP contribution is -2.33. The minimum atomic E-state index is -1.07. The van der Waals surface area contributed by atoms with E-state index in [1.54, 1.807) is 47.1 Å². The van der Waals surface area contributed by atoms with E-state index in [1.165, 1.54) is 0 Å². The van der Waals surface area contributed by atoms with Gasteiger partial charge in [0.2, 0.25) is 11.9 Å². The minimum absolute atomic E-state index is 0.0587. The Hall–Kier alpha value is -7.02. The van der Waals surface area contributed by atoms with Crippen molar-refractivity contribution in [3.8, 4) is 0 Å². The van der Waals surface area contributed by atoms with E-state index >= 15 is 0 Å². The van der Waals surface area contributed by atoms with E-state index in [1.807, 2.05) is 57.2 Å². The van der Waals surface area contributed by atoms with E-state index in [0.717, 1.165) is 61.0 Å². The predicted molar refractivity (Wildman–Crippen MR) is 267 cm³/mol. The van der Waals surface area contributed by atoms with Crippen LogP contribution in [-0.2, 0) is 39.8 Å². The van der Waals surface area contributed by atoms with Gasteiger partial charge in [-0.1, -0.05) is 13.8 Å². The smallest absolute Gasteiger partial charge is 0.226 e. The summed E-state index contributed by atoms with van der Waals surface area (Å²) in [5.74, 6) is 2.01. The van der Waals surface area contributed by atoms with Gasteiger partial charge in [-0.25, -0.2) is 19.9 Å². The second-order valence-electron chi connectivity index (χ2n) is 19.8. The fourth-order valence-corrected chi connectivity index (χ4v) is 10.8. The molecule has 0 aliphatic heterocycles. The monoisotopic (exact) mass is 985 g/mol. The quantitative estimate of drug-likeness (QED) is 0.0613. The summed E-state index contributed by atoms with van der Waals surface area (Å²) in [5, 5.41) is 68.9. The molecule has 8 aromatic rings. The van der Waals surface area contributed by atoms with Crippen LogP contribution >= 0.6 is 0 Å². The highest BCUT2D eigenvalue weighted by Crippen LogP contribution is 2.42. The molecule has 0 saturated heterocycles. The number of nitrogens with zero attached hydrogens (tertiary/aromatic N) is 16. The summed E-state index contributed by atoms with van der Waals surface area (Å²) < 4.78 is 11.1. The van der Waals surface area contributed by atoms with Gasteiger partial charge >= 0.3 is 0 Å². The van der Waals surface area contributed by atoms with Gasteiger partial charge in [-0.05, 0) is 62.5 Å². The van der Waals surface area contributed by atoms with Crippen molar-refractivity contribution in [2.45, 2.75) is 139 Å². The van der Waals surface area contributed by atoms with Crippen LogP contribution in [0.4, 0.5) is 23.5 Å². The summed E-state index contributed by atoms with van der Waals surface area (Å²) in [5.41, 5.74) is 6.26. The molecule has 0 spiro atoms. The lowest BCUT2D eigenvalue weighted by molar-refractivity contribution is 0.00721. The highest BCUT2D eigenvalue weighted by atomic mass is 16.3. The molecule has 24 nitrogen and oxygen atoms in total. The molecule has 8 heterocycles. The molecule has 11 rings (SSSR count). The molecule has 8 atom stereocenters. The fraction of sp³-hybridized carbons (Fsp3) is 0.542. The summed E-state index contributed by atoms with van der Waals surface area (Å²) in [7, 11) is 3.89. The third-order valence-electron chi connectivity index (χ3n) is 14.9. The maximum Gasteiger partial charge on any atom is 0.226 e. The lowest BCUT2D eigenvalue weighted by Gasteiger charge is -2.30. The van der Waals surface area contributed by atoms with Gasteiger partial charge in [-0.15, -0.1) is 0 Å². The Bertz CT molecular complexity index is 2920. The topological polar surface area (TPSA) is 288 Å². The molecule has 3 aliphatic carbocycles. The molecule has 0 bridgehead atoms. The van der Waals surface area contributed by atoms with Crippen LogP contribution in [0.5, 0.6) is 0 Å². The van der Waals surface area contributed by atoms with Crippen molar-refractivity contribution in [3.05, 3.63) is 85.0 Å². The van der Waals surface area contributed by atoms with E-state index in [0.29, 0.717) is 84.6 Å². The summed E-state index contributed by atoms with van der Waals surface area (Å²) in [6, 6.07) is -1.73. The first-order chi connectivity index (χ1) is 35.0. The van der Waals surface area contributed by atoms with Crippen molar-refractivity contribution in [3.63, 3.8) is 0 Å². The van der Waals surface area contributed by atoms with Gasteiger partial charge in [0.05, 0.1) is 73.3 Å². The minimum Gasteiger partial charge on any atom is -0.388 e. The van der Waals surface area contributed by atoms with Gasteiger partial charge in [0.15, 0.2) is 34.0 Å². The first kappa shape index (κ1) is 47.3. The van der Waals surface area contributed by atoms with Gasteiger partial charge in [-0.3, -0.25) is 9.36 Å². The van der Waals surface area contributed by atoms with Crippen LogP contribution in [0.3, 0.4) is 0 Å². The molecule has 8 N–H and O–H groups in total. The van der Waals surface area contributed by atoms with Gasteiger partial charge in [0.1, 0.15) is 24.4 Å². The first-order valence-electron chi connectivity index (χ1n) is 25.2. The fourth-order valence-electron chi connectivity index (χ4n) is 10.8. The third-order valence-corrected chi connectivity index (χ3v) is 14.9. The normalized spacial score (nSPS) is 25.5. The molecule has 0 radical (unpaired) electrons.